The summed E-state index contributed by atoms with van der Waals surface area (Å²) >= 11 is 0. The zero-order valence-corrected chi connectivity index (χ0v) is 20.0. The molecule has 4 nitrogen and oxygen atoms in total. The van der Waals surface area contributed by atoms with E-state index in [0.717, 1.165) is 56.0 Å². The molecule has 0 bridgehead atoms. The van der Waals surface area contributed by atoms with Crippen LogP contribution in [0.15, 0.2) is 11.6 Å². The quantitative estimate of drug-likeness (QED) is 0.124. The Kier molecular flexibility index (Phi) is 7.18. The summed E-state index contributed by atoms with van der Waals surface area (Å²) in [4.78, 5) is 4.89. The molecule has 0 amide bonds. The van der Waals surface area contributed by atoms with Gasteiger partial charge < -0.3 is 5.32 Å². The van der Waals surface area contributed by atoms with Crippen LogP contribution in [-0.4, -0.2) is 31.6 Å². The molecule has 0 aromatic heterocycles. The van der Waals surface area contributed by atoms with Gasteiger partial charge in [-0.1, -0.05) is 25.5 Å². The molecule has 3 fully saturated rings. The number of fused-ring (bicyclic) bond motifs is 5. The maximum Gasteiger partial charge on any atom is 0.146 e. The number of allylic oxidation sites excluding steroid dienone is 2. The molecule has 0 heterocycles. The minimum Gasteiger partial charge on any atom is -0.318 e. The second-order valence-corrected chi connectivity index (χ2v) is 11.4. The summed E-state index contributed by atoms with van der Waals surface area (Å²) in [6.45, 7) is 6.84. The first-order valence-corrected chi connectivity index (χ1v) is 12.8. The Morgan fingerprint density at radius 1 is 1.19 bits per heavy atom. The van der Waals surface area contributed by atoms with Crippen LogP contribution in [0.25, 0.3) is 0 Å². The molecular weight excluding hydrogens is 384 g/mol. The molecule has 0 aliphatic heterocycles. The van der Waals surface area contributed by atoms with Gasteiger partial charge in [-0.25, -0.2) is 4.89 Å². The van der Waals surface area contributed by atoms with Crippen LogP contribution in [-0.2, 0) is 4.89 Å². The summed E-state index contributed by atoms with van der Waals surface area (Å²) in [5.74, 6) is 6.62. The van der Waals surface area contributed by atoms with Crippen molar-refractivity contribution in [1.29, 1.82) is 0 Å². The van der Waals surface area contributed by atoms with Crippen LogP contribution in [0.5, 0.6) is 0 Å². The van der Waals surface area contributed by atoms with Crippen molar-refractivity contribution in [2.75, 3.05) is 20.1 Å². The van der Waals surface area contributed by atoms with E-state index in [1.807, 2.05) is 7.05 Å². The first-order chi connectivity index (χ1) is 15.0. The average Bonchev–Trinajstić information content (AvgIpc) is 3.11. The van der Waals surface area contributed by atoms with Crippen molar-refractivity contribution in [3.05, 3.63) is 11.6 Å². The number of hydrogen-bond acceptors (Lipinski definition) is 4. The lowest BCUT2D eigenvalue weighted by Gasteiger charge is -2.58. The summed E-state index contributed by atoms with van der Waals surface area (Å²) in [5, 5.41) is 16.1. The Labute approximate surface area is 189 Å². The fourth-order valence-electron chi connectivity index (χ4n) is 8.42. The molecule has 31 heavy (non-hydrogen) atoms. The highest BCUT2D eigenvalue weighted by Crippen LogP contribution is 2.67. The van der Waals surface area contributed by atoms with Gasteiger partial charge in [-0.2, -0.15) is 0 Å². The Morgan fingerprint density at radius 3 is 2.77 bits per heavy atom. The maximum absolute atomic E-state index is 9.53. The molecule has 0 radical (unpaired) electrons. The lowest BCUT2D eigenvalue weighted by Crippen LogP contribution is -2.51. The molecule has 4 aliphatic rings. The molecule has 8 unspecified atom stereocenters. The Morgan fingerprint density at radius 2 is 2.03 bits per heavy atom. The minimum absolute atomic E-state index is 0.266. The van der Waals surface area contributed by atoms with Crippen molar-refractivity contribution in [3.8, 4) is 12.3 Å². The summed E-state index contributed by atoms with van der Waals surface area (Å²) in [7, 11) is 1.95. The number of rotatable bonds is 8. The second-order valence-electron chi connectivity index (χ2n) is 11.4. The van der Waals surface area contributed by atoms with Crippen molar-refractivity contribution in [2.45, 2.75) is 84.3 Å². The van der Waals surface area contributed by atoms with E-state index in [9.17, 15) is 5.26 Å². The maximum atomic E-state index is 9.53. The standard InChI is InChI=1S/C27H44N2O2/c1-5-6-7-20-9-11-23-22-10-8-21-18-19(25(31-30)29-17-16-28-4)12-14-27(21,3)24(22)13-15-26(20,23)2/h1,8,19-20,22-25,28-30H,6-7,9-18H2,2-4H3. The Balaban J connectivity index is 1.47. The topological polar surface area (TPSA) is 53.5 Å². The largest absolute Gasteiger partial charge is 0.318 e. The first-order valence-electron chi connectivity index (χ1n) is 12.8. The molecular formula is C27H44N2O2. The van der Waals surface area contributed by atoms with Gasteiger partial charge in [-0.05, 0) is 99.3 Å². The fourth-order valence-corrected chi connectivity index (χ4v) is 8.42. The monoisotopic (exact) mass is 428 g/mol. The second kappa shape index (κ2) is 9.56. The van der Waals surface area contributed by atoms with E-state index in [4.69, 9.17) is 11.3 Å². The summed E-state index contributed by atoms with van der Waals surface area (Å²) in [6.07, 6.45) is 20.3. The molecule has 8 atom stereocenters. The molecule has 0 aromatic rings. The Bertz CT molecular complexity index is 700. The van der Waals surface area contributed by atoms with E-state index in [-0.39, 0.29) is 6.23 Å². The third-order valence-electron chi connectivity index (χ3n) is 10.2. The summed E-state index contributed by atoms with van der Waals surface area (Å²) in [6, 6.07) is 0. The van der Waals surface area contributed by atoms with Crippen LogP contribution in [0.3, 0.4) is 0 Å². The highest BCUT2D eigenvalue weighted by atomic mass is 17.1. The molecule has 174 valence electrons. The van der Waals surface area contributed by atoms with Crippen molar-refractivity contribution >= 4 is 0 Å². The van der Waals surface area contributed by atoms with Crippen LogP contribution < -0.4 is 10.6 Å². The van der Waals surface area contributed by atoms with Gasteiger partial charge in [0.25, 0.3) is 0 Å². The SMILES string of the molecule is C#CCCC1CCC2C3CC=C4CC(C(NCCNC)OO)CCC4(C)C3CCC12C. The van der Waals surface area contributed by atoms with Gasteiger partial charge in [0.1, 0.15) is 6.23 Å². The van der Waals surface area contributed by atoms with E-state index in [1.54, 1.807) is 5.57 Å². The Hall–Kier alpha value is -0.860. The first kappa shape index (κ1) is 23.3. The minimum atomic E-state index is -0.266. The van der Waals surface area contributed by atoms with Crippen LogP contribution in [0.2, 0.25) is 0 Å². The van der Waals surface area contributed by atoms with Crippen molar-refractivity contribution in [3.63, 3.8) is 0 Å². The van der Waals surface area contributed by atoms with Crippen LogP contribution >= 0.6 is 0 Å². The molecule has 3 N–H and O–H groups in total. The highest BCUT2D eigenvalue weighted by Gasteiger charge is 2.58. The van der Waals surface area contributed by atoms with Gasteiger partial charge in [0.2, 0.25) is 0 Å². The predicted molar refractivity (Wildman–Crippen MR) is 126 cm³/mol. The normalized spacial score (nSPS) is 42.7. The van der Waals surface area contributed by atoms with Crippen molar-refractivity contribution < 1.29 is 10.1 Å². The van der Waals surface area contributed by atoms with Gasteiger partial charge in [0.05, 0.1) is 0 Å². The van der Waals surface area contributed by atoms with E-state index in [1.165, 1.54) is 44.9 Å². The van der Waals surface area contributed by atoms with E-state index >= 15 is 0 Å². The summed E-state index contributed by atoms with van der Waals surface area (Å²) < 4.78 is 0. The third kappa shape index (κ3) is 4.12. The summed E-state index contributed by atoms with van der Waals surface area (Å²) in [5.41, 5.74) is 2.49. The predicted octanol–water partition coefficient (Wildman–Crippen LogP) is 5.22. The fraction of sp³-hybridized carbons (Fsp3) is 0.852. The molecule has 4 aliphatic carbocycles. The van der Waals surface area contributed by atoms with E-state index in [2.05, 4.69) is 36.5 Å². The zero-order chi connectivity index (χ0) is 22.1. The van der Waals surface area contributed by atoms with Crippen LogP contribution in [0.1, 0.15) is 78.1 Å². The molecule has 0 aromatic carbocycles. The molecule has 0 saturated heterocycles. The van der Waals surface area contributed by atoms with Crippen LogP contribution in [0, 0.1) is 52.8 Å². The van der Waals surface area contributed by atoms with E-state index < -0.39 is 0 Å². The molecule has 4 rings (SSSR count). The lowest BCUT2D eigenvalue weighted by molar-refractivity contribution is -0.300. The number of nitrogens with one attached hydrogen (secondary N) is 2. The van der Waals surface area contributed by atoms with Crippen LogP contribution in [0.4, 0.5) is 0 Å². The highest BCUT2D eigenvalue weighted by molar-refractivity contribution is 5.25. The molecule has 3 saturated carbocycles. The van der Waals surface area contributed by atoms with Gasteiger partial charge in [0, 0.05) is 25.4 Å². The number of likely N-dealkylation sites (N-methyl/N-ethyl adjacent to an activating group) is 1. The number of terminal acetylenes is 1. The van der Waals surface area contributed by atoms with Gasteiger partial charge in [-0.3, -0.25) is 10.6 Å². The van der Waals surface area contributed by atoms with Gasteiger partial charge in [-0.15, -0.1) is 12.3 Å². The molecule has 0 spiro atoms. The molecule has 4 heteroatoms. The third-order valence-corrected chi connectivity index (χ3v) is 10.2. The lowest BCUT2D eigenvalue weighted by atomic mass is 9.47. The van der Waals surface area contributed by atoms with E-state index in [0.29, 0.717) is 16.7 Å². The zero-order valence-electron chi connectivity index (χ0n) is 20.0. The van der Waals surface area contributed by atoms with Crippen molar-refractivity contribution in [1.82, 2.24) is 10.6 Å². The van der Waals surface area contributed by atoms with Gasteiger partial charge >= 0.3 is 0 Å². The van der Waals surface area contributed by atoms with Gasteiger partial charge in [0.15, 0.2) is 0 Å². The van der Waals surface area contributed by atoms with Crippen molar-refractivity contribution in [2.24, 2.45) is 40.4 Å². The smallest absolute Gasteiger partial charge is 0.146 e. The number of hydrogen-bond donors (Lipinski definition) is 3. The average molecular weight is 429 g/mol.